The summed E-state index contributed by atoms with van der Waals surface area (Å²) < 4.78 is 52.9. The number of alkyl carbamates (subject to hydrolysis) is 1. The molecule has 16 heteroatoms. The van der Waals surface area contributed by atoms with Gasteiger partial charge >= 0.3 is 12.6 Å². The molecule has 2 N–H and O–H groups in total. The van der Waals surface area contributed by atoms with Crippen LogP contribution in [0, 0.1) is 15.9 Å². The number of anilines is 3. The quantitative estimate of drug-likeness (QED) is 0.148. The number of benzene rings is 1. The summed E-state index contributed by atoms with van der Waals surface area (Å²) in [7, 11) is 1.32. The number of carbonyl (C=O) groups is 1. The van der Waals surface area contributed by atoms with Crippen LogP contribution >= 0.6 is 0 Å². The fourth-order valence-corrected chi connectivity index (χ4v) is 5.26. The van der Waals surface area contributed by atoms with Crippen molar-refractivity contribution in [3.63, 3.8) is 0 Å². The number of carbonyl (C=O) groups excluding carboxylic acids is 1. The number of halogens is 3. The third-order valence-corrected chi connectivity index (χ3v) is 7.24. The Labute approximate surface area is 267 Å². The third-order valence-electron chi connectivity index (χ3n) is 7.24. The van der Waals surface area contributed by atoms with Gasteiger partial charge in [0.25, 0.3) is 5.69 Å². The molecule has 1 amide bonds. The summed E-state index contributed by atoms with van der Waals surface area (Å²) >= 11 is 0. The van der Waals surface area contributed by atoms with Crippen molar-refractivity contribution in [1.29, 1.82) is 0 Å². The molecule has 1 atom stereocenters. The topological polar surface area (TPSA) is 150 Å². The van der Waals surface area contributed by atoms with Gasteiger partial charge in [-0.05, 0) is 51.8 Å². The molecule has 4 heterocycles. The van der Waals surface area contributed by atoms with Crippen LogP contribution in [-0.2, 0) is 4.74 Å². The normalized spacial score (nSPS) is 15.0. The lowest BCUT2D eigenvalue weighted by Crippen LogP contribution is -2.49. The molecule has 248 valence electrons. The molecule has 1 aromatic carbocycles. The molecule has 0 saturated carbocycles. The summed E-state index contributed by atoms with van der Waals surface area (Å²) in [4.78, 5) is 34.5. The number of ether oxygens (including phenoxy) is 2. The highest BCUT2D eigenvalue weighted by Crippen LogP contribution is 2.39. The Bertz CT molecular complexity index is 1780. The number of aromatic nitrogens is 4. The van der Waals surface area contributed by atoms with Crippen molar-refractivity contribution in [1.82, 2.24) is 25.1 Å². The van der Waals surface area contributed by atoms with Crippen LogP contribution in [-0.4, -0.2) is 62.6 Å². The zero-order chi connectivity index (χ0) is 33.9. The second-order valence-electron chi connectivity index (χ2n) is 11.8. The first kappa shape index (κ1) is 33.0. The van der Waals surface area contributed by atoms with Crippen molar-refractivity contribution in [2.75, 3.05) is 30.4 Å². The maximum Gasteiger partial charge on any atom is 0.407 e. The number of rotatable bonds is 9. The van der Waals surface area contributed by atoms with Crippen molar-refractivity contribution >= 4 is 29.1 Å². The lowest BCUT2D eigenvalue weighted by Gasteiger charge is -2.36. The molecule has 0 radical (unpaired) electrons. The highest BCUT2D eigenvalue weighted by Gasteiger charge is 2.28. The molecule has 1 saturated heterocycles. The van der Waals surface area contributed by atoms with E-state index in [4.69, 9.17) is 9.47 Å². The van der Waals surface area contributed by atoms with Crippen molar-refractivity contribution in [3.05, 3.63) is 70.9 Å². The third kappa shape index (κ3) is 7.70. The van der Waals surface area contributed by atoms with Crippen LogP contribution < -0.4 is 20.3 Å². The number of nitro groups is 1. The van der Waals surface area contributed by atoms with Gasteiger partial charge in [-0.2, -0.15) is 13.9 Å². The fourth-order valence-electron chi connectivity index (χ4n) is 5.26. The summed E-state index contributed by atoms with van der Waals surface area (Å²) in [6, 6.07) is 8.00. The Kier molecular flexibility index (Phi) is 9.49. The summed E-state index contributed by atoms with van der Waals surface area (Å²) in [6.45, 7) is 3.44. The molecule has 47 heavy (non-hydrogen) atoms. The van der Waals surface area contributed by atoms with E-state index in [2.05, 4.69) is 25.7 Å². The Morgan fingerprint density at radius 1 is 1.17 bits per heavy atom. The minimum atomic E-state index is -2.84. The van der Waals surface area contributed by atoms with E-state index < -0.39 is 34.7 Å². The molecule has 1 aliphatic heterocycles. The van der Waals surface area contributed by atoms with Crippen LogP contribution in [0.2, 0.25) is 0 Å². The average Bonchev–Trinajstić information content (AvgIpc) is 3.51. The lowest BCUT2D eigenvalue weighted by atomic mass is 10.0. The standard InChI is InChI=1S/C31H33F3N8O5/c1-31(2,3)47-30(43)37-19-7-6-12-40(17-19)23-13-26(35-15-20(23)18-14-36-41(16-18)29(33)34)38-25-11-10-22(42(44)45)28(39-25)27-21(32)8-5-9-24(27)46-4/h5,8-11,13-16,19,29H,6-7,12,17H2,1-4H3,(H,37,43)(H,35,38,39)/t19-/m0/s1. The highest BCUT2D eigenvalue weighted by molar-refractivity contribution is 5.81. The first-order chi connectivity index (χ1) is 22.3. The predicted octanol–water partition coefficient (Wildman–Crippen LogP) is 6.70. The molecule has 3 aromatic heterocycles. The smallest absolute Gasteiger partial charge is 0.407 e. The fraction of sp³-hybridized carbons (Fsp3) is 0.355. The molecule has 0 aliphatic carbocycles. The molecule has 4 aromatic rings. The Hall–Kier alpha value is -5.41. The van der Waals surface area contributed by atoms with E-state index in [9.17, 15) is 28.1 Å². The van der Waals surface area contributed by atoms with Gasteiger partial charge in [0.2, 0.25) is 0 Å². The van der Waals surface area contributed by atoms with Crippen LogP contribution in [0.4, 0.5) is 41.0 Å². The van der Waals surface area contributed by atoms with Crippen molar-refractivity contribution in [3.8, 4) is 28.1 Å². The van der Waals surface area contributed by atoms with Gasteiger partial charge in [-0.15, -0.1) is 0 Å². The van der Waals surface area contributed by atoms with E-state index in [1.165, 1.54) is 50.0 Å². The van der Waals surface area contributed by atoms with Crippen LogP contribution in [0.25, 0.3) is 22.4 Å². The van der Waals surface area contributed by atoms with Gasteiger partial charge in [0.1, 0.15) is 28.8 Å². The number of nitrogens with zero attached hydrogens (tertiary/aromatic N) is 6. The van der Waals surface area contributed by atoms with Crippen molar-refractivity contribution in [2.24, 2.45) is 0 Å². The molecule has 5 rings (SSSR count). The second kappa shape index (κ2) is 13.5. The van der Waals surface area contributed by atoms with Gasteiger partial charge < -0.3 is 25.0 Å². The van der Waals surface area contributed by atoms with Crippen molar-refractivity contribution in [2.45, 2.75) is 51.8 Å². The molecule has 0 unspecified atom stereocenters. The summed E-state index contributed by atoms with van der Waals surface area (Å²) in [5.74, 6) is -0.312. The van der Waals surface area contributed by atoms with Gasteiger partial charge in [-0.3, -0.25) is 10.1 Å². The van der Waals surface area contributed by atoms with E-state index in [0.29, 0.717) is 47.4 Å². The zero-order valence-electron chi connectivity index (χ0n) is 26.0. The van der Waals surface area contributed by atoms with E-state index in [1.807, 2.05) is 4.90 Å². The SMILES string of the molecule is COc1cccc(F)c1-c1nc(Nc2cc(N3CCC[C@H](NC(=O)OC(C)(C)C)C3)c(-c3cnn(C(F)F)c3)cn2)ccc1[N+](=O)[O-]. The Balaban J connectivity index is 1.51. The zero-order valence-corrected chi connectivity index (χ0v) is 26.0. The summed E-state index contributed by atoms with van der Waals surface area (Å²) in [6.07, 6.45) is 4.86. The number of alkyl halides is 2. The van der Waals surface area contributed by atoms with Gasteiger partial charge in [0.15, 0.2) is 5.69 Å². The number of hydrogen-bond donors (Lipinski definition) is 2. The van der Waals surface area contributed by atoms with Crippen LogP contribution in [0.5, 0.6) is 5.75 Å². The van der Waals surface area contributed by atoms with E-state index in [-0.39, 0.29) is 34.7 Å². The molecule has 0 spiro atoms. The monoisotopic (exact) mass is 654 g/mol. The number of amides is 1. The van der Waals surface area contributed by atoms with Crippen molar-refractivity contribution < 1.29 is 32.4 Å². The molecule has 13 nitrogen and oxygen atoms in total. The number of methoxy groups -OCH3 is 1. The molecule has 1 fully saturated rings. The number of pyridine rings is 2. The minimum Gasteiger partial charge on any atom is -0.496 e. The Morgan fingerprint density at radius 2 is 1.96 bits per heavy atom. The minimum absolute atomic E-state index is 0.0616. The lowest BCUT2D eigenvalue weighted by molar-refractivity contribution is -0.384. The first-order valence-corrected chi connectivity index (χ1v) is 14.7. The first-order valence-electron chi connectivity index (χ1n) is 14.7. The second-order valence-corrected chi connectivity index (χ2v) is 11.8. The van der Waals surface area contributed by atoms with E-state index >= 15 is 0 Å². The molecule has 1 aliphatic rings. The molecular weight excluding hydrogens is 621 g/mol. The highest BCUT2D eigenvalue weighted by atomic mass is 19.3. The number of piperidine rings is 1. The average molecular weight is 655 g/mol. The van der Waals surface area contributed by atoms with Gasteiger partial charge in [0.05, 0.1) is 29.5 Å². The van der Waals surface area contributed by atoms with E-state index in [0.717, 1.165) is 6.07 Å². The Morgan fingerprint density at radius 3 is 2.64 bits per heavy atom. The van der Waals surface area contributed by atoms with E-state index in [1.54, 1.807) is 26.8 Å². The largest absolute Gasteiger partial charge is 0.496 e. The number of hydrogen-bond acceptors (Lipinski definition) is 10. The maximum atomic E-state index is 15.0. The number of nitrogens with one attached hydrogen (secondary N) is 2. The molecule has 0 bridgehead atoms. The summed E-state index contributed by atoms with van der Waals surface area (Å²) in [5, 5.41) is 21.5. The van der Waals surface area contributed by atoms with Gasteiger partial charge in [-0.1, -0.05) is 6.07 Å². The predicted molar refractivity (Wildman–Crippen MR) is 167 cm³/mol. The van der Waals surface area contributed by atoms with Crippen LogP contribution in [0.1, 0.15) is 40.2 Å². The van der Waals surface area contributed by atoms with Gasteiger partial charge in [0, 0.05) is 54.8 Å². The molecular formula is C31H33F3N8O5. The van der Waals surface area contributed by atoms with Crippen LogP contribution in [0.3, 0.4) is 0 Å². The van der Waals surface area contributed by atoms with Gasteiger partial charge in [-0.25, -0.2) is 23.8 Å². The maximum absolute atomic E-state index is 15.0. The van der Waals surface area contributed by atoms with Crippen LogP contribution in [0.15, 0.2) is 55.0 Å². The summed E-state index contributed by atoms with van der Waals surface area (Å²) in [5.41, 5.74) is -0.0373.